The number of hydrogen-bond acceptors (Lipinski definition) is 4. The molecule has 0 aromatic heterocycles. The van der Waals surface area contributed by atoms with Crippen molar-refractivity contribution in [2.45, 2.75) is 31.4 Å². The van der Waals surface area contributed by atoms with Crippen LogP contribution in [0.25, 0.3) is 0 Å². The Kier molecular flexibility index (Phi) is 5.97. The monoisotopic (exact) mass is 293 g/mol. The molecule has 7 heteroatoms. The van der Waals surface area contributed by atoms with Crippen molar-refractivity contribution in [2.24, 2.45) is 11.7 Å². The lowest BCUT2D eigenvalue weighted by Crippen LogP contribution is -2.41. The topological polar surface area (TPSA) is 75.4 Å². The normalized spacial score (nSPS) is 20.8. The van der Waals surface area contributed by atoms with E-state index in [1.54, 1.807) is 0 Å². The van der Waals surface area contributed by atoms with Gasteiger partial charge in [0.1, 0.15) is 5.25 Å². The Morgan fingerprint density at radius 1 is 1.50 bits per heavy atom. The number of nitrogens with one attached hydrogen (secondary N) is 1. The molecule has 0 bridgehead atoms. The minimum Gasteiger partial charge on any atom is -0.392 e. The zero-order valence-electron chi connectivity index (χ0n) is 11.1. The highest BCUT2D eigenvalue weighted by Crippen LogP contribution is 2.18. The van der Waals surface area contributed by atoms with Crippen LogP contribution >= 0.6 is 12.2 Å². The van der Waals surface area contributed by atoms with Gasteiger partial charge in [0.05, 0.1) is 4.99 Å². The van der Waals surface area contributed by atoms with Crippen molar-refractivity contribution < 1.29 is 8.42 Å². The third kappa shape index (κ3) is 4.79. The van der Waals surface area contributed by atoms with E-state index >= 15 is 0 Å². The first kappa shape index (κ1) is 15.8. The van der Waals surface area contributed by atoms with Crippen molar-refractivity contribution >= 4 is 27.2 Å². The van der Waals surface area contributed by atoms with Gasteiger partial charge < -0.3 is 10.6 Å². The average Bonchev–Trinajstić information content (AvgIpc) is 2.30. The number of hydrogen-bond donors (Lipinski definition) is 2. The van der Waals surface area contributed by atoms with Gasteiger partial charge >= 0.3 is 0 Å². The molecule has 1 heterocycles. The maximum Gasteiger partial charge on any atom is 0.220 e. The van der Waals surface area contributed by atoms with Gasteiger partial charge in [0.15, 0.2) is 0 Å². The molecule has 1 saturated heterocycles. The minimum absolute atomic E-state index is 0.0155. The first-order valence-corrected chi connectivity index (χ1v) is 8.24. The summed E-state index contributed by atoms with van der Waals surface area (Å²) in [5, 5.41) is -0.801. The van der Waals surface area contributed by atoms with Crippen LogP contribution in [-0.4, -0.2) is 50.2 Å². The van der Waals surface area contributed by atoms with Crippen LogP contribution in [0.3, 0.4) is 0 Å². The highest BCUT2D eigenvalue weighted by molar-refractivity contribution is 7.93. The summed E-state index contributed by atoms with van der Waals surface area (Å²) in [5.74, 6) is 0.615. The van der Waals surface area contributed by atoms with E-state index in [0.29, 0.717) is 12.5 Å². The number of likely N-dealkylation sites (tertiary alicyclic amines) is 1. The van der Waals surface area contributed by atoms with E-state index in [0.717, 1.165) is 32.4 Å². The van der Waals surface area contributed by atoms with E-state index in [1.165, 1.54) is 6.92 Å². The Bertz CT molecular complexity index is 376. The SMILES string of the molecule is CC(C(N)=S)S(=O)(=O)NCCC1CCN(C)CC1. The van der Waals surface area contributed by atoms with Gasteiger partial charge in [0.25, 0.3) is 0 Å². The van der Waals surface area contributed by atoms with Crippen molar-refractivity contribution in [1.29, 1.82) is 0 Å². The van der Waals surface area contributed by atoms with Crippen LogP contribution in [-0.2, 0) is 10.0 Å². The Balaban J connectivity index is 2.31. The first-order valence-electron chi connectivity index (χ1n) is 6.29. The van der Waals surface area contributed by atoms with E-state index in [4.69, 9.17) is 18.0 Å². The molecule has 1 aliphatic rings. The third-order valence-electron chi connectivity index (χ3n) is 3.56. The van der Waals surface area contributed by atoms with Gasteiger partial charge in [-0.2, -0.15) is 0 Å². The fraction of sp³-hybridized carbons (Fsp3) is 0.909. The molecule has 1 fully saturated rings. The Hall–Kier alpha value is -0.240. The summed E-state index contributed by atoms with van der Waals surface area (Å²) >= 11 is 4.71. The van der Waals surface area contributed by atoms with Crippen LogP contribution in [0.1, 0.15) is 26.2 Å². The highest BCUT2D eigenvalue weighted by Gasteiger charge is 2.23. The fourth-order valence-corrected chi connectivity index (χ4v) is 3.37. The highest BCUT2D eigenvalue weighted by atomic mass is 32.2. The number of thiocarbonyl (C=S) groups is 1. The van der Waals surface area contributed by atoms with Crippen LogP contribution in [0, 0.1) is 5.92 Å². The number of piperidine rings is 1. The summed E-state index contributed by atoms with van der Waals surface area (Å²) in [6, 6.07) is 0. The number of nitrogens with two attached hydrogens (primary N) is 1. The van der Waals surface area contributed by atoms with E-state index < -0.39 is 15.3 Å². The quantitative estimate of drug-likeness (QED) is 0.690. The zero-order valence-corrected chi connectivity index (χ0v) is 12.7. The van der Waals surface area contributed by atoms with Crippen molar-refractivity contribution in [2.75, 3.05) is 26.7 Å². The molecule has 1 rings (SSSR count). The van der Waals surface area contributed by atoms with Gasteiger partial charge in [0, 0.05) is 6.54 Å². The van der Waals surface area contributed by atoms with Crippen LogP contribution in [0.2, 0.25) is 0 Å². The standard InChI is InChI=1S/C11H23N3O2S2/c1-9(11(12)17)18(15,16)13-6-3-10-4-7-14(2)8-5-10/h9-10,13H,3-8H2,1-2H3,(H2,12,17). The molecule has 3 N–H and O–H groups in total. The van der Waals surface area contributed by atoms with Crippen LogP contribution in [0.15, 0.2) is 0 Å². The Morgan fingerprint density at radius 3 is 2.56 bits per heavy atom. The summed E-state index contributed by atoms with van der Waals surface area (Å²) in [6.45, 7) is 4.19. The van der Waals surface area contributed by atoms with Gasteiger partial charge in [-0.3, -0.25) is 0 Å². The molecule has 0 amide bonds. The molecule has 0 saturated carbocycles. The van der Waals surface area contributed by atoms with Gasteiger partial charge in [-0.25, -0.2) is 13.1 Å². The molecule has 0 radical (unpaired) electrons. The lowest BCUT2D eigenvalue weighted by molar-refractivity contribution is 0.213. The minimum atomic E-state index is -3.40. The summed E-state index contributed by atoms with van der Waals surface area (Å²) < 4.78 is 26.1. The molecule has 1 atom stereocenters. The average molecular weight is 293 g/mol. The Labute approximate surface area is 115 Å². The Morgan fingerprint density at radius 2 is 2.06 bits per heavy atom. The number of sulfonamides is 1. The molecule has 106 valence electrons. The lowest BCUT2D eigenvalue weighted by atomic mass is 9.94. The van der Waals surface area contributed by atoms with Gasteiger partial charge in [-0.15, -0.1) is 0 Å². The van der Waals surface area contributed by atoms with Crippen molar-refractivity contribution in [3.63, 3.8) is 0 Å². The first-order chi connectivity index (χ1) is 8.33. The summed E-state index contributed by atoms with van der Waals surface area (Å²) in [7, 11) is -1.28. The van der Waals surface area contributed by atoms with Gasteiger partial charge in [-0.05, 0) is 52.2 Å². The van der Waals surface area contributed by atoms with E-state index in [9.17, 15) is 8.42 Å². The van der Waals surface area contributed by atoms with Crippen LogP contribution in [0.4, 0.5) is 0 Å². The second-order valence-corrected chi connectivity index (χ2v) is 7.58. The maximum atomic E-state index is 11.8. The maximum absolute atomic E-state index is 11.8. The zero-order chi connectivity index (χ0) is 13.8. The molecule has 5 nitrogen and oxygen atoms in total. The summed E-state index contributed by atoms with van der Waals surface area (Å²) in [6.07, 6.45) is 3.17. The predicted octanol–water partition coefficient (Wildman–Crippen LogP) is 0.312. The van der Waals surface area contributed by atoms with Crippen LogP contribution in [0.5, 0.6) is 0 Å². The molecule has 0 aromatic rings. The lowest BCUT2D eigenvalue weighted by Gasteiger charge is -2.29. The molecule has 0 aromatic carbocycles. The van der Waals surface area contributed by atoms with E-state index in [-0.39, 0.29) is 4.99 Å². The number of rotatable bonds is 6. The smallest absolute Gasteiger partial charge is 0.220 e. The number of nitrogens with zero attached hydrogens (tertiary/aromatic N) is 1. The van der Waals surface area contributed by atoms with Gasteiger partial charge in [0.2, 0.25) is 10.0 Å². The predicted molar refractivity (Wildman–Crippen MR) is 78.0 cm³/mol. The summed E-state index contributed by atoms with van der Waals surface area (Å²) in [5.41, 5.74) is 5.36. The molecule has 1 unspecified atom stereocenters. The molecular formula is C11H23N3O2S2. The third-order valence-corrected chi connectivity index (χ3v) is 5.85. The van der Waals surface area contributed by atoms with E-state index in [2.05, 4.69) is 16.7 Å². The van der Waals surface area contributed by atoms with E-state index in [1.807, 2.05) is 0 Å². The second kappa shape index (κ2) is 6.79. The van der Waals surface area contributed by atoms with Crippen LogP contribution < -0.4 is 10.5 Å². The molecule has 0 aliphatic carbocycles. The van der Waals surface area contributed by atoms with Crippen molar-refractivity contribution in [3.8, 4) is 0 Å². The van der Waals surface area contributed by atoms with Crippen molar-refractivity contribution in [3.05, 3.63) is 0 Å². The fourth-order valence-electron chi connectivity index (χ4n) is 2.03. The van der Waals surface area contributed by atoms with Gasteiger partial charge in [-0.1, -0.05) is 12.2 Å². The molecule has 0 spiro atoms. The largest absolute Gasteiger partial charge is 0.392 e. The van der Waals surface area contributed by atoms with Crippen molar-refractivity contribution in [1.82, 2.24) is 9.62 Å². The molecule has 1 aliphatic heterocycles. The second-order valence-electron chi connectivity index (χ2n) is 5.02. The molecular weight excluding hydrogens is 270 g/mol. The summed E-state index contributed by atoms with van der Waals surface area (Å²) in [4.78, 5) is 2.32. The molecule has 18 heavy (non-hydrogen) atoms.